The van der Waals surface area contributed by atoms with E-state index in [1.165, 1.54) is 0 Å². The summed E-state index contributed by atoms with van der Waals surface area (Å²) in [5.74, 6) is -0.346. The summed E-state index contributed by atoms with van der Waals surface area (Å²) in [6, 6.07) is 13.2. The molecule has 1 saturated heterocycles. The van der Waals surface area contributed by atoms with Gasteiger partial charge < -0.3 is 15.7 Å². The Morgan fingerprint density at radius 1 is 1.27 bits per heavy atom. The van der Waals surface area contributed by atoms with Gasteiger partial charge in [-0.3, -0.25) is 9.59 Å². The molecule has 1 fully saturated rings. The molecule has 114 valence electrons. The second-order valence-electron chi connectivity index (χ2n) is 5.53. The standard InChI is InChI=1S/C17H18N2O3/c20-15(10-18-17(22)14-7-8-16(21)19-14)13-6-5-11-3-1-2-4-12(11)9-13/h1-6,9,14-15,20H,7-8,10H2,(H,18,22)(H,19,21)/t14-,15-/m1/s1. The summed E-state index contributed by atoms with van der Waals surface area (Å²) in [5.41, 5.74) is 0.759. The first-order valence-electron chi connectivity index (χ1n) is 7.37. The summed E-state index contributed by atoms with van der Waals surface area (Å²) in [5, 5.41) is 17.7. The van der Waals surface area contributed by atoms with Crippen molar-refractivity contribution in [1.82, 2.24) is 10.6 Å². The highest BCUT2D eigenvalue weighted by atomic mass is 16.3. The van der Waals surface area contributed by atoms with Gasteiger partial charge in [0.15, 0.2) is 0 Å². The lowest BCUT2D eigenvalue weighted by Crippen LogP contribution is -2.42. The van der Waals surface area contributed by atoms with Gasteiger partial charge in [0.05, 0.1) is 6.10 Å². The number of hydrogen-bond acceptors (Lipinski definition) is 3. The van der Waals surface area contributed by atoms with Gasteiger partial charge in [0, 0.05) is 13.0 Å². The summed E-state index contributed by atoms with van der Waals surface area (Å²) in [6.45, 7) is 0.129. The fraction of sp³-hybridized carbons (Fsp3) is 0.294. The predicted molar refractivity (Wildman–Crippen MR) is 83.1 cm³/mol. The van der Waals surface area contributed by atoms with Gasteiger partial charge in [-0.25, -0.2) is 0 Å². The van der Waals surface area contributed by atoms with Crippen LogP contribution in [-0.4, -0.2) is 29.5 Å². The maximum atomic E-state index is 11.9. The Bertz CT molecular complexity index is 714. The highest BCUT2D eigenvalue weighted by Crippen LogP contribution is 2.20. The highest BCUT2D eigenvalue weighted by Gasteiger charge is 2.27. The minimum atomic E-state index is -0.773. The Kier molecular flexibility index (Phi) is 4.06. The van der Waals surface area contributed by atoms with Gasteiger partial charge in [-0.1, -0.05) is 36.4 Å². The molecule has 1 aliphatic heterocycles. The van der Waals surface area contributed by atoms with Crippen LogP contribution in [0.25, 0.3) is 10.8 Å². The van der Waals surface area contributed by atoms with Crippen molar-refractivity contribution < 1.29 is 14.7 Å². The fourth-order valence-electron chi connectivity index (χ4n) is 2.66. The lowest BCUT2D eigenvalue weighted by Gasteiger charge is -2.15. The first-order chi connectivity index (χ1) is 10.6. The van der Waals surface area contributed by atoms with Crippen LogP contribution in [0.2, 0.25) is 0 Å². The number of rotatable bonds is 4. The third kappa shape index (κ3) is 3.09. The molecule has 22 heavy (non-hydrogen) atoms. The lowest BCUT2D eigenvalue weighted by molar-refractivity contribution is -0.126. The van der Waals surface area contributed by atoms with Crippen molar-refractivity contribution in [2.24, 2.45) is 0 Å². The molecule has 0 radical (unpaired) electrons. The van der Waals surface area contributed by atoms with Crippen LogP contribution in [-0.2, 0) is 9.59 Å². The van der Waals surface area contributed by atoms with E-state index in [2.05, 4.69) is 10.6 Å². The molecule has 2 amide bonds. The van der Waals surface area contributed by atoms with E-state index in [1.807, 2.05) is 42.5 Å². The first kappa shape index (κ1) is 14.5. The Morgan fingerprint density at radius 2 is 2.05 bits per heavy atom. The molecule has 3 N–H and O–H groups in total. The third-order valence-corrected chi connectivity index (χ3v) is 3.94. The molecule has 3 rings (SSSR count). The second-order valence-corrected chi connectivity index (χ2v) is 5.53. The van der Waals surface area contributed by atoms with Gasteiger partial charge in [0.1, 0.15) is 6.04 Å². The van der Waals surface area contributed by atoms with E-state index in [0.29, 0.717) is 12.8 Å². The number of carbonyl (C=O) groups is 2. The normalized spacial score (nSPS) is 19.0. The molecule has 0 aliphatic carbocycles. The molecule has 5 heteroatoms. The number of fused-ring (bicyclic) bond motifs is 1. The summed E-state index contributed by atoms with van der Waals surface area (Å²) in [6.07, 6.45) is 0.118. The van der Waals surface area contributed by atoms with Gasteiger partial charge in [-0.2, -0.15) is 0 Å². The van der Waals surface area contributed by atoms with Crippen LogP contribution in [0.3, 0.4) is 0 Å². The number of nitrogens with one attached hydrogen (secondary N) is 2. The highest BCUT2D eigenvalue weighted by molar-refractivity contribution is 5.90. The molecule has 2 aromatic carbocycles. The van der Waals surface area contributed by atoms with Crippen LogP contribution < -0.4 is 10.6 Å². The predicted octanol–water partition coefficient (Wildman–Crippen LogP) is 1.27. The zero-order valence-electron chi connectivity index (χ0n) is 12.1. The summed E-state index contributed by atoms with van der Waals surface area (Å²) < 4.78 is 0. The van der Waals surface area contributed by atoms with E-state index in [4.69, 9.17) is 0 Å². The van der Waals surface area contributed by atoms with Crippen LogP contribution in [0.5, 0.6) is 0 Å². The van der Waals surface area contributed by atoms with Gasteiger partial charge >= 0.3 is 0 Å². The lowest BCUT2D eigenvalue weighted by atomic mass is 10.0. The van der Waals surface area contributed by atoms with Crippen molar-refractivity contribution in [3.63, 3.8) is 0 Å². The molecule has 0 aromatic heterocycles. The Hall–Kier alpha value is -2.40. The molecule has 0 bridgehead atoms. The summed E-state index contributed by atoms with van der Waals surface area (Å²) >= 11 is 0. The number of carbonyl (C=O) groups excluding carboxylic acids is 2. The van der Waals surface area contributed by atoms with Crippen LogP contribution in [0.1, 0.15) is 24.5 Å². The average molecular weight is 298 g/mol. The second kappa shape index (κ2) is 6.15. The van der Waals surface area contributed by atoms with Crippen LogP contribution in [0.15, 0.2) is 42.5 Å². The van der Waals surface area contributed by atoms with Crippen molar-refractivity contribution in [3.8, 4) is 0 Å². The molecular formula is C17H18N2O3. The van der Waals surface area contributed by atoms with Crippen molar-refractivity contribution in [1.29, 1.82) is 0 Å². The number of hydrogen-bond donors (Lipinski definition) is 3. The monoisotopic (exact) mass is 298 g/mol. The van der Waals surface area contributed by atoms with Gasteiger partial charge in [0.25, 0.3) is 0 Å². The molecule has 0 saturated carbocycles. The van der Waals surface area contributed by atoms with Crippen molar-refractivity contribution in [2.75, 3.05) is 6.54 Å². The molecule has 1 heterocycles. The maximum absolute atomic E-state index is 11.9. The van der Waals surface area contributed by atoms with Crippen LogP contribution >= 0.6 is 0 Å². The fourth-order valence-corrected chi connectivity index (χ4v) is 2.66. The topological polar surface area (TPSA) is 78.4 Å². The van der Waals surface area contributed by atoms with Crippen molar-refractivity contribution >= 4 is 22.6 Å². The quantitative estimate of drug-likeness (QED) is 0.795. The van der Waals surface area contributed by atoms with Crippen LogP contribution in [0.4, 0.5) is 0 Å². The van der Waals surface area contributed by atoms with E-state index in [-0.39, 0.29) is 18.4 Å². The van der Waals surface area contributed by atoms with E-state index in [9.17, 15) is 14.7 Å². The Labute approximate surface area is 128 Å². The third-order valence-electron chi connectivity index (χ3n) is 3.94. The van der Waals surface area contributed by atoms with Crippen molar-refractivity contribution in [3.05, 3.63) is 48.0 Å². The van der Waals surface area contributed by atoms with Gasteiger partial charge in [-0.15, -0.1) is 0 Å². The molecule has 1 aliphatic rings. The summed E-state index contributed by atoms with van der Waals surface area (Å²) in [4.78, 5) is 23.0. The molecule has 5 nitrogen and oxygen atoms in total. The first-order valence-corrected chi connectivity index (χ1v) is 7.37. The molecule has 0 spiro atoms. The number of aliphatic hydroxyl groups is 1. The summed E-state index contributed by atoms with van der Waals surface area (Å²) in [7, 11) is 0. The van der Waals surface area contributed by atoms with E-state index < -0.39 is 12.1 Å². The van der Waals surface area contributed by atoms with Crippen molar-refractivity contribution in [2.45, 2.75) is 25.0 Å². The molecule has 2 aromatic rings. The minimum Gasteiger partial charge on any atom is -0.387 e. The Morgan fingerprint density at radius 3 is 2.77 bits per heavy atom. The van der Waals surface area contributed by atoms with E-state index in [0.717, 1.165) is 16.3 Å². The zero-order valence-corrected chi connectivity index (χ0v) is 12.1. The minimum absolute atomic E-state index is 0.102. The molecule has 2 atom stereocenters. The SMILES string of the molecule is O=C1CC[C@H](C(=O)NC[C@@H](O)c2ccc3ccccc3c2)N1. The van der Waals surface area contributed by atoms with E-state index in [1.54, 1.807) is 0 Å². The molecule has 0 unspecified atom stereocenters. The zero-order chi connectivity index (χ0) is 15.5. The van der Waals surface area contributed by atoms with E-state index >= 15 is 0 Å². The largest absolute Gasteiger partial charge is 0.387 e. The maximum Gasteiger partial charge on any atom is 0.242 e. The average Bonchev–Trinajstić information content (AvgIpc) is 2.98. The number of aliphatic hydroxyl groups excluding tert-OH is 1. The van der Waals surface area contributed by atoms with Gasteiger partial charge in [-0.05, 0) is 28.8 Å². The number of amides is 2. The molecular weight excluding hydrogens is 280 g/mol. The van der Waals surface area contributed by atoms with Gasteiger partial charge in [0.2, 0.25) is 11.8 Å². The number of benzene rings is 2. The smallest absolute Gasteiger partial charge is 0.242 e. The van der Waals surface area contributed by atoms with Crippen LogP contribution in [0, 0.1) is 0 Å². The Balaban J connectivity index is 1.62.